The van der Waals surface area contributed by atoms with Crippen LogP contribution in [0.1, 0.15) is 60.0 Å². The number of methoxy groups -OCH3 is 1. The molecule has 5 rings (SSSR count). The number of hydrogen-bond donors (Lipinski definition) is 1. The highest BCUT2D eigenvalue weighted by Gasteiger charge is 2.46. The molecule has 2 amide bonds. The third-order valence-electron chi connectivity index (χ3n) is 7.86. The number of aliphatic carboxylic acids is 1. The van der Waals surface area contributed by atoms with Crippen molar-refractivity contribution in [2.45, 2.75) is 70.1 Å². The summed E-state index contributed by atoms with van der Waals surface area (Å²) < 4.78 is 29.8. The van der Waals surface area contributed by atoms with E-state index in [0.717, 1.165) is 31.2 Å². The molecule has 11 nitrogen and oxygen atoms in total. The number of carboxylic acids is 1. The van der Waals surface area contributed by atoms with Gasteiger partial charge in [-0.2, -0.15) is 0 Å². The lowest BCUT2D eigenvalue weighted by atomic mass is 10.00. The van der Waals surface area contributed by atoms with Gasteiger partial charge in [-0.15, -0.1) is 0 Å². The molecule has 3 heterocycles. The summed E-state index contributed by atoms with van der Waals surface area (Å²) in [6.07, 6.45) is 4.22. The summed E-state index contributed by atoms with van der Waals surface area (Å²) in [6.45, 7) is 4.83. The van der Waals surface area contributed by atoms with Gasteiger partial charge >= 0.3 is 12.1 Å². The average Bonchev–Trinajstić information content (AvgIpc) is 3.11. The molecule has 0 aromatic heterocycles. The first-order chi connectivity index (χ1) is 20.9. The molecule has 2 saturated heterocycles. The lowest BCUT2D eigenvalue weighted by molar-refractivity contribution is -0.198. The van der Waals surface area contributed by atoms with Crippen LogP contribution in [0, 0.1) is 0 Å². The Labute approximate surface area is 250 Å². The van der Waals surface area contributed by atoms with Gasteiger partial charge in [0.2, 0.25) is 0 Å². The van der Waals surface area contributed by atoms with E-state index in [-0.39, 0.29) is 36.8 Å². The maximum absolute atomic E-state index is 14.1. The summed E-state index contributed by atoms with van der Waals surface area (Å²) in [5.41, 5.74) is 1.95. The predicted molar refractivity (Wildman–Crippen MR) is 156 cm³/mol. The van der Waals surface area contributed by atoms with E-state index in [1.807, 2.05) is 6.07 Å². The third-order valence-corrected chi connectivity index (χ3v) is 7.86. The summed E-state index contributed by atoms with van der Waals surface area (Å²) in [5.74, 6) is -0.545. The van der Waals surface area contributed by atoms with E-state index in [2.05, 4.69) is 6.58 Å². The van der Waals surface area contributed by atoms with E-state index in [1.165, 1.54) is 18.1 Å². The van der Waals surface area contributed by atoms with Gasteiger partial charge in [0.05, 0.1) is 30.8 Å². The van der Waals surface area contributed by atoms with Crippen LogP contribution >= 0.6 is 0 Å². The van der Waals surface area contributed by atoms with Crippen LogP contribution in [0.2, 0.25) is 0 Å². The molecule has 2 aromatic carbocycles. The topological polar surface area (TPSA) is 124 Å². The molecule has 43 heavy (non-hydrogen) atoms. The van der Waals surface area contributed by atoms with Crippen LogP contribution < -0.4 is 14.4 Å². The van der Waals surface area contributed by atoms with Gasteiger partial charge in [-0.3, -0.25) is 9.59 Å². The second kappa shape index (κ2) is 13.9. The highest BCUT2D eigenvalue weighted by atomic mass is 16.7. The summed E-state index contributed by atoms with van der Waals surface area (Å²) >= 11 is 0. The summed E-state index contributed by atoms with van der Waals surface area (Å²) in [6, 6.07) is 9.89. The van der Waals surface area contributed by atoms with Gasteiger partial charge < -0.3 is 33.7 Å². The van der Waals surface area contributed by atoms with E-state index in [1.54, 1.807) is 35.2 Å². The second-order valence-electron chi connectivity index (χ2n) is 10.8. The number of rotatable bonds is 10. The van der Waals surface area contributed by atoms with Gasteiger partial charge in [-0.05, 0) is 55.7 Å². The highest BCUT2D eigenvalue weighted by Crippen LogP contribution is 2.42. The Morgan fingerprint density at radius 1 is 1.09 bits per heavy atom. The first-order valence-electron chi connectivity index (χ1n) is 14.7. The number of carbonyl (C=O) groups is 3. The fourth-order valence-corrected chi connectivity index (χ4v) is 5.85. The fourth-order valence-electron chi connectivity index (χ4n) is 5.85. The number of nitrogens with zero attached hydrogens (tertiary/aromatic N) is 2. The highest BCUT2D eigenvalue weighted by molar-refractivity contribution is 6.06. The summed E-state index contributed by atoms with van der Waals surface area (Å²) in [5, 5.41) is 9.17. The molecule has 230 valence electrons. The zero-order valence-electron chi connectivity index (χ0n) is 24.4. The lowest BCUT2D eigenvalue weighted by Gasteiger charge is -2.42. The molecule has 0 bridgehead atoms. The number of hydrogen-bond acceptors (Lipinski definition) is 8. The van der Waals surface area contributed by atoms with Crippen LogP contribution in [0.15, 0.2) is 49.1 Å². The van der Waals surface area contributed by atoms with Gasteiger partial charge in [0.1, 0.15) is 13.2 Å². The van der Waals surface area contributed by atoms with E-state index in [9.17, 15) is 19.5 Å². The van der Waals surface area contributed by atoms with E-state index in [0.29, 0.717) is 43.1 Å². The van der Waals surface area contributed by atoms with Crippen molar-refractivity contribution in [1.29, 1.82) is 0 Å². The van der Waals surface area contributed by atoms with Gasteiger partial charge in [-0.25, -0.2) is 9.69 Å². The van der Waals surface area contributed by atoms with E-state index >= 15 is 0 Å². The Morgan fingerprint density at radius 2 is 1.91 bits per heavy atom. The number of ether oxygens (including phenoxy) is 5. The number of carboxylic acid groups (broad SMARTS) is 1. The Kier molecular flexibility index (Phi) is 9.83. The van der Waals surface area contributed by atoms with Crippen molar-refractivity contribution in [2.24, 2.45) is 0 Å². The van der Waals surface area contributed by atoms with Crippen molar-refractivity contribution in [3.63, 3.8) is 0 Å². The Hall–Kier alpha value is -4.09. The molecule has 0 aliphatic carbocycles. The Bertz CT molecular complexity index is 1340. The predicted octanol–water partition coefficient (Wildman–Crippen LogP) is 4.91. The van der Waals surface area contributed by atoms with E-state index in [4.69, 9.17) is 23.7 Å². The number of benzene rings is 2. The quantitative estimate of drug-likeness (QED) is 0.382. The first-order valence-corrected chi connectivity index (χ1v) is 14.7. The molecule has 3 aliphatic rings. The SMILES string of the molecule is C=CCOC(=O)N1c2cc(OCc3cccc(CC(=O)O)c3)c(OC)cc2C(=O)N2CCCC[C@H]2[C@@H]1OC1CCCCO1. The largest absolute Gasteiger partial charge is 0.493 e. The molecule has 2 fully saturated rings. The minimum absolute atomic E-state index is 0.0220. The fraction of sp³-hybridized carbons (Fsp3) is 0.469. The number of anilines is 1. The lowest BCUT2D eigenvalue weighted by Crippen LogP contribution is -2.57. The Morgan fingerprint density at radius 3 is 2.65 bits per heavy atom. The maximum atomic E-state index is 14.1. The molecule has 2 aromatic rings. The van der Waals surface area contributed by atoms with Crippen LogP contribution in [0.3, 0.4) is 0 Å². The first kappa shape index (κ1) is 30.4. The molecular weight excluding hydrogens is 556 g/mol. The Balaban J connectivity index is 1.55. The molecule has 0 spiro atoms. The van der Waals surface area contributed by atoms with Crippen molar-refractivity contribution >= 4 is 23.7 Å². The average molecular weight is 595 g/mol. The second-order valence-corrected chi connectivity index (χ2v) is 10.8. The number of fused-ring (bicyclic) bond motifs is 2. The summed E-state index contributed by atoms with van der Waals surface area (Å²) in [7, 11) is 1.48. The monoisotopic (exact) mass is 594 g/mol. The number of piperidine rings is 1. The van der Waals surface area contributed by atoms with Gasteiger partial charge in [0.25, 0.3) is 5.91 Å². The standard InChI is InChI=1S/C32H38N2O9/c1-3-14-41-32(38)34-25-19-27(42-20-22-10-8-9-21(16-22)17-28(35)36)26(39-2)18-23(25)30(37)33-13-6-4-11-24(33)31(34)43-29-12-5-7-15-40-29/h3,8-10,16,18-19,24,29,31H,1,4-7,11-15,17,20H2,2H3,(H,35,36)/t24-,29?,31-/m0/s1. The summed E-state index contributed by atoms with van der Waals surface area (Å²) in [4.78, 5) is 42.2. The minimum Gasteiger partial charge on any atom is -0.493 e. The zero-order valence-corrected chi connectivity index (χ0v) is 24.4. The molecule has 3 atom stereocenters. The van der Waals surface area contributed by atoms with Gasteiger partial charge in [0, 0.05) is 19.2 Å². The molecule has 11 heteroatoms. The van der Waals surface area contributed by atoms with Crippen molar-refractivity contribution in [3.05, 3.63) is 65.7 Å². The van der Waals surface area contributed by atoms with E-state index < -0.39 is 30.6 Å². The van der Waals surface area contributed by atoms with Gasteiger partial charge in [0.15, 0.2) is 24.0 Å². The van der Waals surface area contributed by atoms with Crippen molar-refractivity contribution in [2.75, 3.05) is 31.8 Å². The molecule has 0 saturated carbocycles. The number of carbonyl (C=O) groups excluding carboxylic acids is 2. The minimum atomic E-state index is -0.926. The number of amides is 2. The molecule has 3 aliphatic heterocycles. The molecule has 1 unspecified atom stereocenters. The van der Waals surface area contributed by atoms with Crippen LogP contribution in [-0.2, 0) is 32.0 Å². The van der Waals surface area contributed by atoms with Crippen LogP contribution in [0.25, 0.3) is 0 Å². The van der Waals surface area contributed by atoms with Crippen LogP contribution in [-0.4, -0.2) is 73.4 Å². The molecular formula is C32H38N2O9. The van der Waals surface area contributed by atoms with Crippen molar-refractivity contribution in [3.8, 4) is 11.5 Å². The third kappa shape index (κ3) is 6.94. The molecule has 0 radical (unpaired) electrons. The zero-order chi connectivity index (χ0) is 30.3. The van der Waals surface area contributed by atoms with Crippen molar-refractivity contribution in [1.82, 2.24) is 4.90 Å². The molecule has 1 N–H and O–H groups in total. The van der Waals surface area contributed by atoms with Crippen LogP contribution in [0.4, 0.5) is 10.5 Å². The van der Waals surface area contributed by atoms with Crippen LogP contribution in [0.5, 0.6) is 11.5 Å². The smallest absolute Gasteiger partial charge is 0.416 e. The maximum Gasteiger partial charge on any atom is 0.416 e. The van der Waals surface area contributed by atoms with Crippen molar-refractivity contribution < 1.29 is 43.2 Å². The van der Waals surface area contributed by atoms with Gasteiger partial charge in [-0.1, -0.05) is 36.9 Å². The normalized spacial score (nSPS) is 21.7.